The summed E-state index contributed by atoms with van der Waals surface area (Å²) in [4.78, 5) is 19.7. The van der Waals surface area contributed by atoms with Crippen LogP contribution in [-0.4, -0.2) is 57.0 Å². The van der Waals surface area contributed by atoms with Gasteiger partial charge in [-0.2, -0.15) is 0 Å². The van der Waals surface area contributed by atoms with Gasteiger partial charge < -0.3 is 28.8 Å². The second-order valence-electron chi connectivity index (χ2n) is 10.9. The summed E-state index contributed by atoms with van der Waals surface area (Å²) < 4.78 is 30.4. The summed E-state index contributed by atoms with van der Waals surface area (Å²) in [5, 5.41) is 9.09. The first-order chi connectivity index (χ1) is 23.3. The van der Waals surface area contributed by atoms with Crippen LogP contribution in [0.1, 0.15) is 34.8 Å². The Bertz CT molecular complexity index is 1730. The fourth-order valence-corrected chi connectivity index (χ4v) is 6.37. The molecule has 0 unspecified atom stereocenters. The van der Waals surface area contributed by atoms with Crippen molar-refractivity contribution in [3.63, 3.8) is 0 Å². The average Bonchev–Trinajstić information content (AvgIpc) is 3.49. The standard InChI is InChI=1S/C36H37Br2N3O7/c1-44-30-19-23(20-31(45-2)32(30)46-3)22-39-41-35(43)36(21-25-9-4-6-11-28(25)37)33(27-10-5-7-12-29(27)38)48-34(40-36)24-13-15-26(16-14-24)47-18-8-17-42/h4-7,9-16,19-20,33,39,42H,8,17-18,21-22H2,1-3H3,(H,41,43)/t33-,36-/m0/s1. The van der Waals surface area contributed by atoms with Gasteiger partial charge in [-0.25, -0.2) is 10.4 Å². The molecule has 0 fully saturated rings. The van der Waals surface area contributed by atoms with Crippen LogP contribution in [-0.2, 0) is 22.5 Å². The van der Waals surface area contributed by atoms with Crippen LogP contribution < -0.4 is 29.8 Å². The zero-order valence-corrected chi connectivity index (χ0v) is 30.0. The van der Waals surface area contributed by atoms with Crippen molar-refractivity contribution in [3.05, 3.63) is 116 Å². The van der Waals surface area contributed by atoms with Crippen LogP contribution >= 0.6 is 31.9 Å². The predicted octanol–water partition coefficient (Wildman–Crippen LogP) is 6.32. The van der Waals surface area contributed by atoms with E-state index in [4.69, 9.17) is 33.8 Å². The summed E-state index contributed by atoms with van der Waals surface area (Å²) in [6.45, 7) is 0.705. The number of ether oxygens (including phenoxy) is 5. The molecule has 5 rings (SSSR count). The Labute approximate surface area is 296 Å². The molecule has 0 radical (unpaired) electrons. The third-order valence-corrected chi connectivity index (χ3v) is 9.35. The molecule has 3 N–H and O–H groups in total. The van der Waals surface area contributed by atoms with Gasteiger partial charge in [-0.3, -0.25) is 10.2 Å². The fourth-order valence-electron chi connectivity index (χ4n) is 5.45. The van der Waals surface area contributed by atoms with E-state index in [1.54, 1.807) is 21.3 Å². The Morgan fingerprint density at radius 3 is 2.21 bits per heavy atom. The van der Waals surface area contributed by atoms with Gasteiger partial charge in [0.2, 0.25) is 11.6 Å². The van der Waals surface area contributed by atoms with Crippen molar-refractivity contribution in [2.45, 2.75) is 31.0 Å². The predicted molar refractivity (Wildman–Crippen MR) is 190 cm³/mol. The summed E-state index contributed by atoms with van der Waals surface area (Å²) >= 11 is 7.36. The van der Waals surface area contributed by atoms with Crippen LogP contribution in [0.15, 0.2) is 98.9 Å². The molecule has 4 aromatic rings. The highest BCUT2D eigenvalue weighted by Gasteiger charge is 2.54. The number of amides is 1. The highest BCUT2D eigenvalue weighted by Crippen LogP contribution is 2.45. The molecule has 252 valence electrons. The van der Waals surface area contributed by atoms with Gasteiger partial charge in [0, 0.05) is 46.1 Å². The number of carbonyl (C=O) groups excluding carboxylic acids is 1. The summed E-state index contributed by atoms with van der Waals surface area (Å²) in [6.07, 6.45) is -0.0336. The number of rotatable bonds is 15. The largest absolute Gasteiger partial charge is 0.494 e. The van der Waals surface area contributed by atoms with Crippen LogP contribution in [0.25, 0.3) is 0 Å². The van der Waals surface area contributed by atoms with E-state index in [9.17, 15) is 4.79 Å². The maximum absolute atomic E-state index is 14.6. The van der Waals surface area contributed by atoms with Gasteiger partial charge in [0.15, 0.2) is 23.1 Å². The van der Waals surface area contributed by atoms with Gasteiger partial charge in [0.1, 0.15) is 5.75 Å². The van der Waals surface area contributed by atoms with E-state index in [2.05, 4.69) is 42.7 Å². The number of nitrogens with zero attached hydrogens (tertiary/aromatic N) is 1. The van der Waals surface area contributed by atoms with Crippen LogP contribution in [0.4, 0.5) is 0 Å². The zero-order chi connectivity index (χ0) is 34.1. The number of aliphatic imine (C=N–C) groups is 1. The number of hydrogen-bond donors (Lipinski definition) is 3. The number of nitrogens with one attached hydrogen (secondary N) is 2. The van der Waals surface area contributed by atoms with Crippen LogP contribution in [0.2, 0.25) is 0 Å². The summed E-state index contributed by atoms with van der Waals surface area (Å²) in [6, 6.07) is 26.4. The summed E-state index contributed by atoms with van der Waals surface area (Å²) in [7, 11) is 4.65. The lowest BCUT2D eigenvalue weighted by Gasteiger charge is -2.31. The Hall–Kier alpha value is -4.10. The van der Waals surface area contributed by atoms with Crippen LogP contribution in [0, 0.1) is 0 Å². The molecule has 0 bridgehead atoms. The quantitative estimate of drug-likeness (QED) is 0.0948. The first-order valence-electron chi connectivity index (χ1n) is 15.2. The number of aliphatic hydroxyl groups excluding tert-OH is 1. The monoisotopic (exact) mass is 781 g/mol. The maximum Gasteiger partial charge on any atom is 0.266 e. The number of benzene rings is 4. The Morgan fingerprint density at radius 2 is 1.58 bits per heavy atom. The summed E-state index contributed by atoms with van der Waals surface area (Å²) in [5.74, 6) is 2.08. The van der Waals surface area contributed by atoms with E-state index in [0.29, 0.717) is 47.5 Å². The zero-order valence-electron chi connectivity index (χ0n) is 26.8. The molecule has 0 aromatic heterocycles. The molecule has 12 heteroatoms. The SMILES string of the molecule is COc1cc(CNNC(=O)[C@@]2(Cc3ccccc3Br)N=C(c3ccc(OCCCO)cc3)O[C@H]2c2ccccc2Br)cc(OC)c1OC. The third-order valence-electron chi connectivity index (χ3n) is 7.85. The smallest absolute Gasteiger partial charge is 0.266 e. The number of carbonyl (C=O) groups is 1. The lowest BCUT2D eigenvalue weighted by atomic mass is 9.82. The van der Waals surface area contributed by atoms with E-state index in [0.717, 1.165) is 25.6 Å². The van der Waals surface area contributed by atoms with Gasteiger partial charge in [0.25, 0.3) is 5.91 Å². The van der Waals surface area contributed by atoms with E-state index in [1.807, 2.05) is 84.9 Å². The minimum Gasteiger partial charge on any atom is -0.494 e. The van der Waals surface area contributed by atoms with Gasteiger partial charge in [-0.15, -0.1) is 0 Å². The first-order valence-corrected chi connectivity index (χ1v) is 16.8. The normalized spacial score (nSPS) is 16.9. The molecule has 0 saturated carbocycles. The Morgan fingerprint density at radius 1 is 0.917 bits per heavy atom. The van der Waals surface area contributed by atoms with Crippen LogP contribution in [0.5, 0.6) is 23.0 Å². The van der Waals surface area contributed by atoms with Gasteiger partial charge in [0.05, 0.1) is 27.9 Å². The van der Waals surface area contributed by atoms with Crippen molar-refractivity contribution < 1.29 is 33.6 Å². The van der Waals surface area contributed by atoms with Gasteiger partial charge in [-0.05, 0) is 59.7 Å². The average molecular weight is 784 g/mol. The molecule has 1 amide bonds. The molecule has 10 nitrogen and oxygen atoms in total. The molecule has 1 aliphatic heterocycles. The number of aliphatic hydroxyl groups is 1. The first kappa shape index (κ1) is 35.2. The van der Waals surface area contributed by atoms with E-state index < -0.39 is 11.6 Å². The molecular weight excluding hydrogens is 746 g/mol. The van der Waals surface area contributed by atoms with E-state index in [-0.39, 0.29) is 25.5 Å². The van der Waals surface area contributed by atoms with Crippen LogP contribution in [0.3, 0.4) is 0 Å². The van der Waals surface area contributed by atoms with Crippen molar-refractivity contribution in [1.29, 1.82) is 0 Å². The molecule has 1 aliphatic rings. The maximum atomic E-state index is 14.6. The second kappa shape index (κ2) is 16.3. The molecular formula is C36H37Br2N3O7. The molecule has 0 spiro atoms. The lowest BCUT2D eigenvalue weighted by Crippen LogP contribution is -2.53. The minimum atomic E-state index is -1.43. The van der Waals surface area contributed by atoms with Gasteiger partial charge >= 0.3 is 0 Å². The number of hydrogen-bond acceptors (Lipinski definition) is 9. The molecule has 0 saturated heterocycles. The molecule has 1 heterocycles. The second-order valence-corrected chi connectivity index (χ2v) is 12.6. The molecule has 2 atom stereocenters. The Balaban J connectivity index is 1.52. The third kappa shape index (κ3) is 7.78. The van der Waals surface area contributed by atoms with Crippen molar-refractivity contribution in [2.24, 2.45) is 4.99 Å². The highest BCUT2D eigenvalue weighted by atomic mass is 79.9. The van der Waals surface area contributed by atoms with Crippen molar-refractivity contribution in [3.8, 4) is 23.0 Å². The number of hydrazine groups is 1. The highest BCUT2D eigenvalue weighted by molar-refractivity contribution is 9.10. The molecule has 4 aromatic carbocycles. The number of methoxy groups -OCH3 is 3. The summed E-state index contributed by atoms with van der Waals surface area (Å²) in [5.41, 5.74) is 7.72. The van der Waals surface area contributed by atoms with Crippen molar-refractivity contribution in [1.82, 2.24) is 10.9 Å². The molecule has 48 heavy (non-hydrogen) atoms. The lowest BCUT2D eigenvalue weighted by molar-refractivity contribution is -0.130. The minimum absolute atomic E-state index is 0.0537. The van der Waals surface area contributed by atoms with Crippen molar-refractivity contribution >= 4 is 43.7 Å². The van der Waals surface area contributed by atoms with E-state index in [1.165, 1.54) is 0 Å². The fraction of sp³-hybridized carbons (Fsp3) is 0.278. The molecule has 0 aliphatic carbocycles. The van der Waals surface area contributed by atoms with E-state index >= 15 is 0 Å². The van der Waals surface area contributed by atoms with Crippen molar-refractivity contribution in [2.75, 3.05) is 34.5 Å². The number of halogens is 2. The topological polar surface area (TPSA) is 120 Å². The van der Waals surface area contributed by atoms with Gasteiger partial charge in [-0.1, -0.05) is 68.3 Å². The Kier molecular flexibility index (Phi) is 12.0.